The van der Waals surface area contributed by atoms with Crippen LogP contribution in [0, 0.1) is 16.7 Å². The largest absolute Gasteiger partial charge is 0.444 e. The molecule has 0 saturated heterocycles. The quantitative estimate of drug-likeness (QED) is 0.822. The summed E-state index contributed by atoms with van der Waals surface area (Å²) in [4.78, 5) is 12.2. The molecule has 0 heterocycles. The fourth-order valence-corrected chi connectivity index (χ4v) is 5.97. The Morgan fingerprint density at radius 2 is 1.95 bits per heavy atom. The van der Waals surface area contributed by atoms with Crippen LogP contribution < -0.4 is 5.32 Å². The van der Waals surface area contributed by atoms with Crippen molar-refractivity contribution in [2.75, 3.05) is 6.61 Å². The number of alkyl carbamates (subject to hydrolysis) is 1. The molecule has 2 N–H and O–H groups in total. The number of carbonyl (C=O) groups excluding carboxylic acids is 1. The van der Waals surface area contributed by atoms with Crippen molar-refractivity contribution in [1.82, 2.24) is 5.32 Å². The molecule has 4 fully saturated rings. The van der Waals surface area contributed by atoms with E-state index in [1.54, 1.807) is 0 Å². The van der Waals surface area contributed by atoms with Crippen LogP contribution in [0.4, 0.5) is 4.79 Å². The summed E-state index contributed by atoms with van der Waals surface area (Å²) in [6, 6.07) is 0. The van der Waals surface area contributed by atoms with Gasteiger partial charge in [0.2, 0.25) is 0 Å². The molecule has 4 unspecified atom stereocenters. The zero-order valence-corrected chi connectivity index (χ0v) is 13.8. The van der Waals surface area contributed by atoms with Gasteiger partial charge in [0, 0.05) is 12.1 Å². The number of aliphatic hydroxyl groups is 1. The summed E-state index contributed by atoms with van der Waals surface area (Å²) < 4.78 is 5.46. The molecular weight excluding hydrogens is 266 g/mol. The molecule has 21 heavy (non-hydrogen) atoms. The Bertz CT molecular complexity index is 457. The van der Waals surface area contributed by atoms with Crippen LogP contribution in [0.15, 0.2) is 0 Å². The lowest BCUT2D eigenvalue weighted by atomic mass is 9.42. The third kappa shape index (κ3) is 2.79. The second-order valence-electron chi connectivity index (χ2n) is 9.38. The molecule has 1 amide bonds. The van der Waals surface area contributed by atoms with E-state index in [1.165, 1.54) is 6.42 Å². The van der Waals surface area contributed by atoms with Crippen LogP contribution in [-0.2, 0) is 4.74 Å². The molecule has 0 aliphatic heterocycles. The number of aliphatic hydroxyl groups excluding tert-OH is 1. The molecule has 120 valence electrons. The van der Waals surface area contributed by atoms with E-state index < -0.39 is 5.60 Å². The van der Waals surface area contributed by atoms with Gasteiger partial charge in [0.1, 0.15) is 5.60 Å². The summed E-state index contributed by atoms with van der Waals surface area (Å²) >= 11 is 0. The van der Waals surface area contributed by atoms with Crippen molar-refractivity contribution in [3.63, 3.8) is 0 Å². The minimum absolute atomic E-state index is 0.0170. The average Bonchev–Trinajstić information content (AvgIpc) is 2.21. The molecule has 4 heteroatoms. The van der Waals surface area contributed by atoms with E-state index in [1.807, 2.05) is 20.8 Å². The number of ether oxygens (including phenoxy) is 1. The lowest BCUT2D eigenvalue weighted by Gasteiger charge is -2.65. The van der Waals surface area contributed by atoms with Gasteiger partial charge in [-0.15, -0.1) is 0 Å². The molecule has 4 atom stereocenters. The van der Waals surface area contributed by atoms with Crippen LogP contribution in [0.2, 0.25) is 0 Å². The standard InChI is InChI=1S/C17H29NO3/c1-14(2,3)21-13(20)18-17-7-12-5-15(4,9-17)8-16(6-12,10-17)11-19/h12,19H,5-11H2,1-4H3,(H,18,20). The molecule has 4 saturated carbocycles. The van der Waals surface area contributed by atoms with Crippen LogP contribution in [0.5, 0.6) is 0 Å². The van der Waals surface area contributed by atoms with E-state index in [4.69, 9.17) is 4.74 Å². The van der Waals surface area contributed by atoms with Crippen molar-refractivity contribution < 1.29 is 14.6 Å². The maximum absolute atomic E-state index is 12.2. The summed E-state index contributed by atoms with van der Waals surface area (Å²) in [5, 5.41) is 13.1. The molecule has 4 aliphatic rings. The van der Waals surface area contributed by atoms with Gasteiger partial charge in [-0.25, -0.2) is 4.79 Å². The van der Waals surface area contributed by atoms with Gasteiger partial charge in [0.25, 0.3) is 0 Å². The number of amides is 1. The Kier molecular flexibility index (Phi) is 3.15. The number of rotatable bonds is 2. The molecule has 0 aromatic rings. The van der Waals surface area contributed by atoms with Crippen LogP contribution >= 0.6 is 0 Å². The van der Waals surface area contributed by atoms with Crippen LogP contribution in [-0.4, -0.2) is 28.9 Å². The minimum atomic E-state index is -0.467. The number of nitrogens with one attached hydrogen (secondary N) is 1. The predicted octanol–water partition coefficient (Wildman–Crippen LogP) is 3.23. The molecule has 0 aromatic heterocycles. The third-order valence-electron chi connectivity index (χ3n) is 5.56. The highest BCUT2D eigenvalue weighted by atomic mass is 16.6. The molecule has 0 radical (unpaired) electrons. The zero-order valence-electron chi connectivity index (χ0n) is 13.8. The van der Waals surface area contributed by atoms with Gasteiger partial charge in [0.05, 0.1) is 0 Å². The maximum atomic E-state index is 12.2. The Labute approximate surface area is 127 Å². The fourth-order valence-electron chi connectivity index (χ4n) is 5.97. The molecule has 4 bridgehead atoms. The molecule has 0 spiro atoms. The first-order chi connectivity index (χ1) is 9.57. The molecular formula is C17H29NO3. The lowest BCUT2D eigenvalue weighted by molar-refractivity contribution is -0.141. The maximum Gasteiger partial charge on any atom is 0.408 e. The summed E-state index contributed by atoms with van der Waals surface area (Å²) in [7, 11) is 0. The van der Waals surface area contributed by atoms with Crippen LogP contribution in [0.25, 0.3) is 0 Å². The van der Waals surface area contributed by atoms with Gasteiger partial charge in [-0.3, -0.25) is 0 Å². The monoisotopic (exact) mass is 295 g/mol. The van der Waals surface area contributed by atoms with E-state index >= 15 is 0 Å². The van der Waals surface area contributed by atoms with E-state index in [0.717, 1.165) is 32.1 Å². The first-order valence-corrected chi connectivity index (χ1v) is 8.19. The van der Waals surface area contributed by atoms with Gasteiger partial charge in [-0.2, -0.15) is 0 Å². The fraction of sp³-hybridized carbons (Fsp3) is 0.941. The minimum Gasteiger partial charge on any atom is -0.444 e. The normalized spacial score (nSPS) is 44.7. The lowest BCUT2D eigenvalue weighted by Crippen LogP contribution is -2.66. The second kappa shape index (κ2) is 4.37. The Balaban J connectivity index is 1.80. The van der Waals surface area contributed by atoms with E-state index in [0.29, 0.717) is 5.92 Å². The average molecular weight is 295 g/mol. The zero-order chi connectivity index (χ0) is 15.5. The second-order valence-corrected chi connectivity index (χ2v) is 9.38. The van der Waals surface area contributed by atoms with E-state index in [9.17, 15) is 9.90 Å². The van der Waals surface area contributed by atoms with Crippen molar-refractivity contribution in [1.29, 1.82) is 0 Å². The van der Waals surface area contributed by atoms with Gasteiger partial charge in [0.15, 0.2) is 0 Å². The number of hydrogen-bond acceptors (Lipinski definition) is 3. The Hall–Kier alpha value is -0.770. The summed E-state index contributed by atoms with van der Waals surface area (Å²) in [5.74, 6) is 0.633. The van der Waals surface area contributed by atoms with Gasteiger partial charge in [-0.1, -0.05) is 6.92 Å². The van der Waals surface area contributed by atoms with Crippen molar-refractivity contribution in [3.05, 3.63) is 0 Å². The van der Waals surface area contributed by atoms with Crippen molar-refractivity contribution in [3.8, 4) is 0 Å². The van der Waals surface area contributed by atoms with Crippen LogP contribution in [0.3, 0.4) is 0 Å². The first kappa shape index (κ1) is 15.1. The van der Waals surface area contributed by atoms with Gasteiger partial charge >= 0.3 is 6.09 Å². The topological polar surface area (TPSA) is 58.6 Å². The Morgan fingerprint density at radius 1 is 1.24 bits per heavy atom. The molecule has 4 aliphatic carbocycles. The summed E-state index contributed by atoms with van der Waals surface area (Å²) in [6.07, 6.45) is 6.14. The highest BCUT2D eigenvalue weighted by Gasteiger charge is 2.62. The Morgan fingerprint density at radius 3 is 2.52 bits per heavy atom. The summed E-state index contributed by atoms with van der Waals surface area (Å²) in [6.45, 7) is 8.25. The van der Waals surface area contributed by atoms with E-state index in [-0.39, 0.29) is 29.1 Å². The van der Waals surface area contributed by atoms with Gasteiger partial charge in [-0.05, 0) is 76.0 Å². The third-order valence-corrected chi connectivity index (χ3v) is 5.56. The first-order valence-electron chi connectivity index (χ1n) is 8.19. The van der Waals surface area contributed by atoms with Crippen molar-refractivity contribution >= 4 is 6.09 Å². The predicted molar refractivity (Wildman–Crippen MR) is 80.9 cm³/mol. The number of carbonyl (C=O) groups is 1. The van der Waals surface area contributed by atoms with Crippen molar-refractivity contribution in [2.24, 2.45) is 16.7 Å². The van der Waals surface area contributed by atoms with Crippen LogP contribution in [0.1, 0.15) is 66.2 Å². The van der Waals surface area contributed by atoms with E-state index in [2.05, 4.69) is 12.2 Å². The molecule has 4 nitrogen and oxygen atoms in total. The summed E-state index contributed by atoms with van der Waals surface area (Å²) in [5.41, 5.74) is -0.357. The highest BCUT2D eigenvalue weighted by Crippen LogP contribution is 2.66. The smallest absolute Gasteiger partial charge is 0.408 e. The van der Waals surface area contributed by atoms with Crippen molar-refractivity contribution in [2.45, 2.75) is 77.4 Å². The SMILES string of the molecule is CC12CC3CC(CO)(C1)CC(NC(=O)OC(C)(C)C)(C3)C2. The molecule has 0 aromatic carbocycles. The number of hydrogen-bond donors (Lipinski definition) is 2. The molecule has 4 rings (SSSR count). The van der Waals surface area contributed by atoms with Gasteiger partial charge < -0.3 is 15.2 Å². The highest BCUT2D eigenvalue weighted by molar-refractivity contribution is 5.69.